The van der Waals surface area contributed by atoms with Crippen molar-refractivity contribution in [3.63, 3.8) is 0 Å². The molecule has 1 aromatic heterocycles. The second-order valence-corrected chi connectivity index (χ2v) is 5.60. The van der Waals surface area contributed by atoms with Crippen molar-refractivity contribution >= 4 is 11.9 Å². The van der Waals surface area contributed by atoms with Gasteiger partial charge in [0.1, 0.15) is 0 Å². The molecule has 5 nitrogen and oxygen atoms in total. The van der Waals surface area contributed by atoms with Crippen LogP contribution in [-0.4, -0.2) is 22.8 Å². The highest BCUT2D eigenvalue weighted by Crippen LogP contribution is 2.32. The van der Waals surface area contributed by atoms with Crippen molar-refractivity contribution in [1.29, 1.82) is 0 Å². The van der Waals surface area contributed by atoms with Crippen LogP contribution in [0.4, 0.5) is 8.78 Å². The highest BCUT2D eigenvalue weighted by molar-refractivity contribution is 6.07. The Morgan fingerprint density at radius 2 is 1.88 bits per heavy atom. The summed E-state index contributed by atoms with van der Waals surface area (Å²) in [5, 5.41) is 6.78. The summed E-state index contributed by atoms with van der Waals surface area (Å²) >= 11 is 0. The Bertz CT molecular complexity index is 1030. The molecule has 0 unspecified atom stereocenters. The first-order valence-corrected chi connectivity index (χ1v) is 7.73. The summed E-state index contributed by atoms with van der Waals surface area (Å²) in [5.74, 6) is -0.937. The molecule has 2 aromatic carbocycles. The largest absolute Gasteiger partial charge is 0.454 e. The average Bonchev–Trinajstić information content (AvgIpc) is 3.30. The van der Waals surface area contributed by atoms with Crippen LogP contribution in [0.2, 0.25) is 0 Å². The van der Waals surface area contributed by atoms with Crippen LogP contribution >= 0.6 is 0 Å². The van der Waals surface area contributed by atoms with Crippen LogP contribution in [0.15, 0.2) is 48.5 Å². The molecule has 1 N–H and O–H groups in total. The lowest BCUT2D eigenvalue weighted by atomic mass is 10.1. The minimum Gasteiger partial charge on any atom is -0.454 e. The number of allylic oxidation sites excluding steroid dienone is 1. The SMILES string of the molecule is O=C(/C=C/c1cc(-c2ccc(F)c(F)c2)n[nH]1)c1ccc2c(c1)OCO2. The first-order chi connectivity index (χ1) is 12.6. The minimum atomic E-state index is -0.944. The highest BCUT2D eigenvalue weighted by atomic mass is 19.2. The van der Waals surface area contributed by atoms with Gasteiger partial charge in [0.2, 0.25) is 6.79 Å². The zero-order chi connectivity index (χ0) is 18.1. The molecule has 4 rings (SSSR count). The standard InChI is InChI=1S/C19H12F2N2O3/c20-14-4-1-11(7-15(14)21)16-9-13(22-23-16)3-5-17(24)12-2-6-18-19(8-12)26-10-25-18/h1-9H,10H2,(H,22,23)/b5-3+. The molecule has 0 saturated heterocycles. The molecule has 0 atom stereocenters. The average molecular weight is 354 g/mol. The van der Waals surface area contributed by atoms with E-state index in [0.717, 1.165) is 12.1 Å². The fraction of sp³-hybridized carbons (Fsp3) is 0.0526. The lowest BCUT2D eigenvalue weighted by molar-refractivity contribution is 0.104. The van der Waals surface area contributed by atoms with Gasteiger partial charge in [-0.3, -0.25) is 9.89 Å². The van der Waals surface area contributed by atoms with E-state index in [-0.39, 0.29) is 12.6 Å². The molecule has 0 spiro atoms. The van der Waals surface area contributed by atoms with Gasteiger partial charge in [-0.2, -0.15) is 5.10 Å². The summed E-state index contributed by atoms with van der Waals surface area (Å²) in [5.41, 5.74) is 1.89. The Hall–Kier alpha value is -3.48. The van der Waals surface area contributed by atoms with Crippen LogP contribution in [0.25, 0.3) is 17.3 Å². The number of rotatable bonds is 4. The topological polar surface area (TPSA) is 64.2 Å². The van der Waals surface area contributed by atoms with Crippen molar-refractivity contribution in [3.8, 4) is 22.8 Å². The first-order valence-electron chi connectivity index (χ1n) is 7.73. The van der Waals surface area contributed by atoms with E-state index >= 15 is 0 Å². The maximum absolute atomic E-state index is 13.3. The Kier molecular flexibility index (Phi) is 3.96. The maximum atomic E-state index is 13.3. The van der Waals surface area contributed by atoms with Gasteiger partial charge in [-0.05, 0) is 54.6 Å². The number of hydrogen-bond acceptors (Lipinski definition) is 4. The van der Waals surface area contributed by atoms with Gasteiger partial charge >= 0.3 is 0 Å². The number of nitrogens with zero attached hydrogens (tertiary/aromatic N) is 1. The summed E-state index contributed by atoms with van der Waals surface area (Å²) in [6.45, 7) is 0.143. The van der Waals surface area contributed by atoms with Gasteiger partial charge in [0, 0.05) is 11.1 Å². The second-order valence-electron chi connectivity index (χ2n) is 5.60. The van der Waals surface area contributed by atoms with Crippen LogP contribution in [0.1, 0.15) is 16.1 Å². The molecule has 3 aromatic rings. The van der Waals surface area contributed by atoms with E-state index in [1.54, 1.807) is 30.3 Å². The third-order valence-corrected chi connectivity index (χ3v) is 3.88. The molecule has 2 heterocycles. The van der Waals surface area contributed by atoms with Crippen molar-refractivity contribution in [2.24, 2.45) is 0 Å². The van der Waals surface area contributed by atoms with E-state index in [0.29, 0.717) is 34.0 Å². The molecule has 1 aliphatic heterocycles. The number of benzene rings is 2. The van der Waals surface area contributed by atoms with Crippen LogP contribution in [0.3, 0.4) is 0 Å². The summed E-state index contributed by atoms with van der Waals surface area (Å²) in [7, 11) is 0. The van der Waals surface area contributed by atoms with Crippen molar-refractivity contribution in [3.05, 3.63) is 71.4 Å². The first kappa shape index (κ1) is 16.0. The van der Waals surface area contributed by atoms with E-state index in [4.69, 9.17) is 9.47 Å². The number of carbonyl (C=O) groups is 1. The predicted octanol–water partition coefficient (Wildman–Crippen LogP) is 3.98. The number of aromatic amines is 1. The molecule has 0 radical (unpaired) electrons. The van der Waals surface area contributed by atoms with Crippen molar-refractivity contribution in [1.82, 2.24) is 10.2 Å². The quantitative estimate of drug-likeness (QED) is 0.569. The number of ether oxygens (including phenoxy) is 2. The Morgan fingerprint density at radius 3 is 2.73 bits per heavy atom. The molecule has 0 bridgehead atoms. The van der Waals surface area contributed by atoms with Gasteiger partial charge < -0.3 is 9.47 Å². The number of aromatic nitrogens is 2. The van der Waals surface area contributed by atoms with Crippen molar-refractivity contribution in [2.75, 3.05) is 6.79 Å². The number of hydrogen-bond donors (Lipinski definition) is 1. The lowest BCUT2D eigenvalue weighted by Crippen LogP contribution is -1.94. The fourth-order valence-corrected chi connectivity index (χ4v) is 2.54. The van der Waals surface area contributed by atoms with Gasteiger partial charge in [0.25, 0.3) is 0 Å². The molecule has 130 valence electrons. The molecule has 7 heteroatoms. The fourth-order valence-electron chi connectivity index (χ4n) is 2.54. The number of fused-ring (bicyclic) bond motifs is 1. The minimum absolute atomic E-state index is 0.143. The molecule has 0 fully saturated rings. The number of nitrogens with one attached hydrogen (secondary N) is 1. The molecule has 1 aliphatic rings. The van der Waals surface area contributed by atoms with Gasteiger partial charge in [-0.1, -0.05) is 0 Å². The van der Waals surface area contributed by atoms with Crippen molar-refractivity contribution < 1.29 is 23.0 Å². The third-order valence-electron chi connectivity index (χ3n) is 3.88. The Morgan fingerprint density at radius 1 is 1.04 bits per heavy atom. The molecule has 0 saturated carbocycles. The Labute approximate surface area is 146 Å². The van der Waals surface area contributed by atoms with Crippen LogP contribution < -0.4 is 9.47 Å². The molecular formula is C19H12F2N2O3. The zero-order valence-electron chi connectivity index (χ0n) is 13.3. The number of ketones is 1. The molecule has 26 heavy (non-hydrogen) atoms. The van der Waals surface area contributed by atoms with E-state index < -0.39 is 11.6 Å². The summed E-state index contributed by atoms with van der Waals surface area (Å²) in [6.07, 6.45) is 2.95. The van der Waals surface area contributed by atoms with Gasteiger partial charge in [-0.25, -0.2) is 8.78 Å². The third kappa shape index (κ3) is 3.06. The monoisotopic (exact) mass is 354 g/mol. The maximum Gasteiger partial charge on any atom is 0.231 e. The summed E-state index contributed by atoms with van der Waals surface area (Å²) < 4.78 is 36.8. The van der Waals surface area contributed by atoms with E-state index in [9.17, 15) is 13.6 Å². The summed E-state index contributed by atoms with van der Waals surface area (Å²) in [4.78, 5) is 12.3. The van der Waals surface area contributed by atoms with Crippen LogP contribution in [0.5, 0.6) is 11.5 Å². The van der Waals surface area contributed by atoms with Crippen LogP contribution in [0, 0.1) is 11.6 Å². The van der Waals surface area contributed by atoms with Gasteiger partial charge in [0.05, 0.1) is 11.4 Å². The predicted molar refractivity (Wildman–Crippen MR) is 89.9 cm³/mol. The van der Waals surface area contributed by atoms with E-state index in [1.807, 2.05) is 0 Å². The highest BCUT2D eigenvalue weighted by Gasteiger charge is 2.15. The summed E-state index contributed by atoms with van der Waals surface area (Å²) in [6, 6.07) is 10.1. The second kappa shape index (κ2) is 6.44. The lowest BCUT2D eigenvalue weighted by Gasteiger charge is -1.98. The molecule has 0 amide bonds. The molecular weight excluding hydrogens is 342 g/mol. The smallest absolute Gasteiger partial charge is 0.231 e. The van der Waals surface area contributed by atoms with E-state index in [2.05, 4.69) is 10.2 Å². The van der Waals surface area contributed by atoms with Gasteiger partial charge in [-0.15, -0.1) is 0 Å². The van der Waals surface area contributed by atoms with Gasteiger partial charge in [0.15, 0.2) is 28.9 Å². The zero-order valence-corrected chi connectivity index (χ0v) is 13.3. The van der Waals surface area contributed by atoms with E-state index in [1.165, 1.54) is 12.1 Å². The van der Waals surface area contributed by atoms with Crippen molar-refractivity contribution in [2.45, 2.75) is 0 Å². The number of halogens is 2. The van der Waals surface area contributed by atoms with Crippen LogP contribution in [-0.2, 0) is 0 Å². The molecule has 0 aliphatic carbocycles. The normalized spacial score (nSPS) is 12.7. The number of H-pyrrole nitrogens is 1. The Balaban J connectivity index is 1.51. The number of carbonyl (C=O) groups excluding carboxylic acids is 1.